The Morgan fingerprint density at radius 2 is 2.22 bits per heavy atom. The average Bonchev–Trinajstić information content (AvgIpc) is 2.79. The molecule has 0 aliphatic carbocycles. The van der Waals surface area contributed by atoms with Crippen molar-refractivity contribution in [2.75, 3.05) is 19.6 Å². The van der Waals surface area contributed by atoms with Crippen LogP contribution in [0.25, 0.3) is 0 Å². The molecule has 0 atom stereocenters. The van der Waals surface area contributed by atoms with Crippen molar-refractivity contribution in [2.45, 2.75) is 24.0 Å². The van der Waals surface area contributed by atoms with Gasteiger partial charge in [0.1, 0.15) is 4.21 Å². The number of nitrogens with two attached hydrogens (primary N) is 1. The van der Waals surface area contributed by atoms with Gasteiger partial charge in [0.2, 0.25) is 0 Å². The lowest BCUT2D eigenvalue weighted by Crippen LogP contribution is -2.34. The molecule has 0 spiro atoms. The Balaban J connectivity index is 2.22. The molecule has 1 aliphatic rings. The first kappa shape index (κ1) is 13.7. The minimum atomic E-state index is -3.32. The van der Waals surface area contributed by atoms with Gasteiger partial charge in [-0.05, 0) is 38.4 Å². The molecule has 0 unspecified atom stereocenters. The maximum Gasteiger partial charge on any atom is 0.252 e. The van der Waals surface area contributed by atoms with Gasteiger partial charge >= 0.3 is 0 Å². The molecular weight excluding hydrogens is 268 g/mol. The van der Waals surface area contributed by atoms with Crippen LogP contribution in [-0.4, -0.2) is 32.4 Å². The highest BCUT2D eigenvalue weighted by atomic mass is 32.2. The van der Waals surface area contributed by atoms with E-state index in [1.807, 2.05) is 13.0 Å². The molecule has 0 amide bonds. The highest BCUT2D eigenvalue weighted by Gasteiger charge is 2.27. The van der Waals surface area contributed by atoms with Crippen LogP contribution < -0.4 is 5.73 Å². The van der Waals surface area contributed by atoms with E-state index in [2.05, 4.69) is 6.08 Å². The van der Waals surface area contributed by atoms with Crippen LogP contribution in [0.2, 0.25) is 0 Å². The molecule has 2 rings (SSSR count). The summed E-state index contributed by atoms with van der Waals surface area (Å²) < 4.78 is 26.8. The predicted octanol–water partition coefficient (Wildman–Crippen LogP) is 1.59. The normalized spacial score (nSPS) is 17.8. The molecule has 0 aromatic carbocycles. The van der Waals surface area contributed by atoms with Crippen LogP contribution >= 0.6 is 11.3 Å². The lowest BCUT2D eigenvalue weighted by Gasteiger charge is -2.24. The molecule has 0 fully saturated rings. The fourth-order valence-electron chi connectivity index (χ4n) is 1.98. The largest absolute Gasteiger partial charge is 0.330 e. The molecule has 1 aromatic rings. The zero-order chi connectivity index (χ0) is 13.2. The minimum absolute atomic E-state index is 0.431. The van der Waals surface area contributed by atoms with E-state index in [0.29, 0.717) is 23.8 Å². The van der Waals surface area contributed by atoms with E-state index in [4.69, 9.17) is 5.73 Å². The minimum Gasteiger partial charge on any atom is -0.330 e. The number of hydrogen-bond acceptors (Lipinski definition) is 4. The van der Waals surface area contributed by atoms with Gasteiger partial charge in [-0.3, -0.25) is 0 Å². The Morgan fingerprint density at radius 1 is 1.44 bits per heavy atom. The molecule has 4 nitrogen and oxygen atoms in total. The molecule has 2 heterocycles. The monoisotopic (exact) mass is 286 g/mol. The molecule has 0 saturated carbocycles. The van der Waals surface area contributed by atoms with Crippen LogP contribution in [0.15, 0.2) is 28.0 Å². The summed E-state index contributed by atoms with van der Waals surface area (Å²) in [6, 6.07) is 3.55. The second kappa shape index (κ2) is 5.52. The van der Waals surface area contributed by atoms with E-state index in [9.17, 15) is 8.42 Å². The summed E-state index contributed by atoms with van der Waals surface area (Å²) in [5.74, 6) is 0. The molecule has 2 N–H and O–H groups in total. The average molecular weight is 286 g/mol. The second-order valence-corrected chi connectivity index (χ2v) is 7.77. The van der Waals surface area contributed by atoms with Crippen molar-refractivity contribution in [3.63, 3.8) is 0 Å². The third kappa shape index (κ3) is 2.83. The fraction of sp³-hybridized carbons (Fsp3) is 0.500. The first-order chi connectivity index (χ1) is 8.54. The first-order valence-electron chi connectivity index (χ1n) is 5.98. The Labute approximate surface area is 112 Å². The molecule has 6 heteroatoms. The summed E-state index contributed by atoms with van der Waals surface area (Å²) in [4.78, 5) is 1.03. The Hall–Kier alpha value is -0.690. The molecule has 0 saturated heterocycles. The fourth-order valence-corrected chi connectivity index (χ4v) is 5.01. The maximum absolute atomic E-state index is 12.4. The van der Waals surface area contributed by atoms with Gasteiger partial charge in [-0.1, -0.05) is 11.6 Å². The van der Waals surface area contributed by atoms with E-state index < -0.39 is 10.0 Å². The number of sulfonamides is 1. The molecular formula is C12H18N2O2S2. The number of thiophene rings is 1. The van der Waals surface area contributed by atoms with Crippen LogP contribution in [0.1, 0.15) is 18.2 Å². The zero-order valence-electron chi connectivity index (χ0n) is 10.4. The van der Waals surface area contributed by atoms with Crippen molar-refractivity contribution in [1.29, 1.82) is 0 Å². The Morgan fingerprint density at radius 3 is 2.89 bits per heavy atom. The number of rotatable bonds is 4. The SMILES string of the molecule is CC1=CCCN(S(=O)(=O)c2ccc(CCN)s2)C1. The van der Waals surface area contributed by atoms with E-state index in [1.165, 1.54) is 11.3 Å². The van der Waals surface area contributed by atoms with Crippen LogP contribution in [-0.2, 0) is 16.4 Å². The first-order valence-corrected chi connectivity index (χ1v) is 8.24. The molecule has 1 aliphatic heterocycles. The van der Waals surface area contributed by atoms with Crippen molar-refractivity contribution in [3.8, 4) is 0 Å². The van der Waals surface area contributed by atoms with E-state index >= 15 is 0 Å². The third-order valence-corrected chi connectivity index (χ3v) is 6.38. The van der Waals surface area contributed by atoms with Gasteiger partial charge in [0, 0.05) is 18.0 Å². The summed E-state index contributed by atoms with van der Waals surface area (Å²) in [7, 11) is -3.32. The molecule has 100 valence electrons. The highest BCUT2D eigenvalue weighted by molar-refractivity contribution is 7.91. The molecule has 1 aromatic heterocycles. The van der Waals surface area contributed by atoms with E-state index in [0.717, 1.165) is 23.3 Å². The maximum atomic E-state index is 12.4. The standard InChI is InChI=1S/C12H18N2O2S2/c1-10-3-2-8-14(9-10)18(15,16)12-5-4-11(17-12)6-7-13/h3-5H,2,6-9,13H2,1H3. The molecule has 0 radical (unpaired) electrons. The number of nitrogens with zero attached hydrogens (tertiary/aromatic N) is 1. The lowest BCUT2D eigenvalue weighted by atomic mass is 10.2. The third-order valence-electron chi connectivity index (χ3n) is 2.92. The lowest BCUT2D eigenvalue weighted by molar-refractivity contribution is 0.429. The second-order valence-electron chi connectivity index (χ2n) is 4.44. The summed E-state index contributed by atoms with van der Waals surface area (Å²) in [6.07, 6.45) is 3.63. The van der Waals surface area contributed by atoms with Gasteiger partial charge in [0.25, 0.3) is 10.0 Å². The number of hydrogen-bond donors (Lipinski definition) is 1. The molecule has 0 bridgehead atoms. The quantitative estimate of drug-likeness (QED) is 0.855. The summed E-state index contributed by atoms with van der Waals surface area (Å²) in [6.45, 7) is 3.60. The van der Waals surface area contributed by atoms with E-state index in [-0.39, 0.29) is 0 Å². The van der Waals surface area contributed by atoms with Gasteiger partial charge in [0.05, 0.1) is 0 Å². The smallest absolute Gasteiger partial charge is 0.252 e. The summed E-state index contributed by atoms with van der Waals surface area (Å²) in [5, 5.41) is 0. The van der Waals surface area contributed by atoms with Crippen molar-refractivity contribution < 1.29 is 8.42 Å². The molecule has 18 heavy (non-hydrogen) atoms. The van der Waals surface area contributed by atoms with Crippen molar-refractivity contribution in [1.82, 2.24) is 4.31 Å². The van der Waals surface area contributed by atoms with Gasteiger partial charge in [-0.2, -0.15) is 4.31 Å². The van der Waals surface area contributed by atoms with Crippen molar-refractivity contribution >= 4 is 21.4 Å². The van der Waals surface area contributed by atoms with Gasteiger partial charge in [-0.25, -0.2) is 8.42 Å². The van der Waals surface area contributed by atoms with Crippen LogP contribution in [0.4, 0.5) is 0 Å². The van der Waals surface area contributed by atoms with Gasteiger partial charge in [-0.15, -0.1) is 11.3 Å². The van der Waals surface area contributed by atoms with Crippen molar-refractivity contribution in [2.24, 2.45) is 5.73 Å². The highest BCUT2D eigenvalue weighted by Crippen LogP contribution is 2.27. The predicted molar refractivity (Wildman–Crippen MR) is 74.2 cm³/mol. The van der Waals surface area contributed by atoms with Gasteiger partial charge < -0.3 is 5.73 Å². The Bertz CT molecular complexity index is 546. The van der Waals surface area contributed by atoms with Gasteiger partial charge in [0.15, 0.2) is 0 Å². The van der Waals surface area contributed by atoms with E-state index in [1.54, 1.807) is 10.4 Å². The topological polar surface area (TPSA) is 63.4 Å². The van der Waals surface area contributed by atoms with Crippen molar-refractivity contribution in [3.05, 3.63) is 28.7 Å². The Kier molecular flexibility index (Phi) is 4.21. The summed E-state index contributed by atoms with van der Waals surface area (Å²) in [5.41, 5.74) is 6.59. The van der Waals surface area contributed by atoms with Crippen LogP contribution in [0.3, 0.4) is 0 Å². The zero-order valence-corrected chi connectivity index (χ0v) is 12.1. The van der Waals surface area contributed by atoms with Crippen LogP contribution in [0.5, 0.6) is 0 Å². The summed E-state index contributed by atoms with van der Waals surface area (Å²) >= 11 is 1.33. The van der Waals surface area contributed by atoms with Crippen LogP contribution in [0, 0.1) is 0 Å².